The fourth-order valence-electron chi connectivity index (χ4n) is 1.96. The second-order valence-corrected chi connectivity index (χ2v) is 3.83. The van der Waals surface area contributed by atoms with E-state index in [-0.39, 0.29) is 6.04 Å². The van der Waals surface area contributed by atoms with Crippen LogP contribution in [0.25, 0.3) is 0 Å². The molecule has 80 valence electrons. The van der Waals surface area contributed by atoms with Gasteiger partial charge in [0.1, 0.15) is 12.1 Å². The average molecular weight is 205 g/mol. The van der Waals surface area contributed by atoms with E-state index in [2.05, 4.69) is 14.9 Å². The van der Waals surface area contributed by atoms with Gasteiger partial charge in [-0.2, -0.15) is 0 Å². The lowest BCUT2D eigenvalue weighted by atomic mass is 10.0. The maximum atomic E-state index is 10.9. The summed E-state index contributed by atoms with van der Waals surface area (Å²) in [4.78, 5) is 21.4. The Morgan fingerprint density at radius 2 is 2.20 bits per heavy atom. The first kappa shape index (κ1) is 10.2. The van der Waals surface area contributed by atoms with Gasteiger partial charge >= 0.3 is 0 Å². The lowest BCUT2D eigenvalue weighted by Crippen LogP contribution is -2.40. The highest BCUT2D eigenvalue weighted by Gasteiger charge is 2.22. The zero-order valence-corrected chi connectivity index (χ0v) is 8.67. The molecule has 1 aromatic heterocycles. The molecule has 0 spiro atoms. The highest BCUT2D eigenvalue weighted by molar-refractivity contribution is 5.57. The van der Waals surface area contributed by atoms with Crippen molar-refractivity contribution in [1.29, 1.82) is 0 Å². The number of aromatic nitrogens is 2. The normalized spacial score (nSPS) is 22.5. The van der Waals surface area contributed by atoms with Gasteiger partial charge in [0.05, 0.1) is 12.6 Å². The third-order valence-electron chi connectivity index (χ3n) is 2.79. The number of hydrogen-bond acceptors (Lipinski definition) is 4. The van der Waals surface area contributed by atoms with E-state index in [1.807, 2.05) is 0 Å². The van der Waals surface area contributed by atoms with Gasteiger partial charge in [0.25, 0.3) is 0 Å². The Kier molecular flexibility index (Phi) is 3.40. The Morgan fingerprint density at radius 3 is 2.93 bits per heavy atom. The van der Waals surface area contributed by atoms with Gasteiger partial charge in [-0.25, -0.2) is 9.97 Å². The molecule has 1 unspecified atom stereocenters. The molecule has 1 atom stereocenters. The number of hydrogen-bond donors (Lipinski definition) is 0. The van der Waals surface area contributed by atoms with E-state index in [1.54, 1.807) is 18.5 Å². The summed E-state index contributed by atoms with van der Waals surface area (Å²) in [6, 6.07) is 1.86. The van der Waals surface area contributed by atoms with Gasteiger partial charge in [0.2, 0.25) is 0 Å². The Labute approximate surface area is 89.3 Å². The van der Waals surface area contributed by atoms with E-state index < -0.39 is 0 Å². The molecule has 1 saturated heterocycles. The highest BCUT2D eigenvalue weighted by atomic mass is 16.1. The van der Waals surface area contributed by atoms with E-state index in [9.17, 15) is 4.79 Å². The molecule has 4 heteroatoms. The highest BCUT2D eigenvalue weighted by Crippen LogP contribution is 2.16. The van der Waals surface area contributed by atoms with Crippen molar-refractivity contribution in [1.82, 2.24) is 14.9 Å². The van der Waals surface area contributed by atoms with Crippen molar-refractivity contribution >= 4 is 6.29 Å². The van der Waals surface area contributed by atoms with E-state index in [0.29, 0.717) is 6.54 Å². The Hall–Kier alpha value is -1.29. The zero-order valence-electron chi connectivity index (χ0n) is 8.67. The number of carbonyl (C=O) groups is 1. The molecule has 0 aromatic carbocycles. The van der Waals surface area contributed by atoms with Gasteiger partial charge in [0, 0.05) is 12.4 Å². The van der Waals surface area contributed by atoms with Crippen molar-refractivity contribution in [2.45, 2.75) is 31.8 Å². The summed E-state index contributed by atoms with van der Waals surface area (Å²) in [5, 5.41) is 0. The van der Waals surface area contributed by atoms with E-state index in [0.717, 1.165) is 37.9 Å². The van der Waals surface area contributed by atoms with Crippen LogP contribution in [0.3, 0.4) is 0 Å². The van der Waals surface area contributed by atoms with Crippen LogP contribution in [0.4, 0.5) is 0 Å². The average Bonchev–Trinajstić information content (AvgIpc) is 2.31. The predicted molar refractivity (Wildman–Crippen MR) is 56.1 cm³/mol. The second-order valence-electron chi connectivity index (χ2n) is 3.83. The van der Waals surface area contributed by atoms with E-state index in [4.69, 9.17) is 0 Å². The fraction of sp³-hybridized carbons (Fsp3) is 0.545. The first-order valence-electron chi connectivity index (χ1n) is 5.35. The fourth-order valence-corrected chi connectivity index (χ4v) is 1.96. The Bertz CT molecular complexity index is 315. The van der Waals surface area contributed by atoms with Gasteiger partial charge < -0.3 is 4.79 Å². The molecular formula is C11H15N3O. The molecule has 0 saturated carbocycles. The smallest absolute Gasteiger partial charge is 0.142 e. The monoisotopic (exact) mass is 205 g/mol. The number of likely N-dealkylation sites (tertiary alicyclic amines) is 1. The summed E-state index contributed by atoms with van der Waals surface area (Å²) >= 11 is 0. The predicted octanol–water partition coefficient (Wildman–Crippen LogP) is 1.03. The standard InChI is InChI=1S/C11H15N3O/c15-9-10-4-1-2-7-14(10)8-11-12-5-3-6-13-11/h3,5-6,9-10H,1-2,4,7-8H2. The molecule has 0 N–H and O–H groups in total. The second kappa shape index (κ2) is 4.98. The minimum atomic E-state index is 0.0579. The molecule has 1 aromatic rings. The van der Waals surface area contributed by atoms with Crippen LogP contribution in [0.15, 0.2) is 18.5 Å². The lowest BCUT2D eigenvalue weighted by molar-refractivity contribution is -0.113. The Balaban J connectivity index is 2.00. The van der Waals surface area contributed by atoms with Crippen molar-refractivity contribution in [3.63, 3.8) is 0 Å². The van der Waals surface area contributed by atoms with Crippen LogP contribution in [0.1, 0.15) is 25.1 Å². The molecule has 1 aliphatic rings. The lowest BCUT2D eigenvalue weighted by Gasteiger charge is -2.31. The number of nitrogens with zero attached hydrogens (tertiary/aromatic N) is 3. The first-order valence-corrected chi connectivity index (χ1v) is 5.35. The summed E-state index contributed by atoms with van der Waals surface area (Å²) in [6.07, 6.45) is 7.80. The van der Waals surface area contributed by atoms with Crippen LogP contribution in [0.2, 0.25) is 0 Å². The van der Waals surface area contributed by atoms with Gasteiger partial charge in [-0.1, -0.05) is 6.42 Å². The first-order chi connectivity index (χ1) is 7.40. The van der Waals surface area contributed by atoms with Crippen LogP contribution in [0, 0.1) is 0 Å². The quantitative estimate of drug-likeness (QED) is 0.691. The minimum absolute atomic E-state index is 0.0579. The largest absolute Gasteiger partial charge is 0.302 e. The van der Waals surface area contributed by atoms with Crippen molar-refractivity contribution in [2.75, 3.05) is 6.54 Å². The molecule has 15 heavy (non-hydrogen) atoms. The topological polar surface area (TPSA) is 46.1 Å². The summed E-state index contributed by atoms with van der Waals surface area (Å²) in [5.41, 5.74) is 0. The molecule has 1 fully saturated rings. The van der Waals surface area contributed by atoms with Gasteiger partial charge in [0.15, 0.2) is 0 Å². The van der Waals surface area contributed by atoms with Crippen LogP contribution in [-0.2, 0) is 11.3 Å². The summed E-state index contributed by atoms with van der Waals surface area (Å²) in [5.74, 6) is 0.797. The molecule has 4 nitrogen and oxygen atoms in total. The number of rotatable bonds is 3. The molecule has 2 rings (SSSR count). The van der Waals surface area contributed by atoms with Crippen molar-refractivity contribution in [2.24, 2.45) is 0 Å². The molecule has 0 aliphatic carbocycles. The van der Waals surface area contributed by atoms with E-state index in [1.165, 1.54) is 0 Å². The van der Waals surface area contributed by atoms with Crippen LogP contribution >= 0.6 is 0 Å². The molecule has 1 aliphatic heterocycles. The molecule has 0 radical (unpaired) electrons. The third kappa shape index (κ3) is 2.59. The van der Waals surface area contributed by atoms with Crippen LogP contribution in [0.5, 0.6) is 0 Å². The Morgan fingerprint density at radius 1 is 1.40 bits per heavy atom. The molecular weight excluding hydrogens is 190 g/mol. The van der Waals surface area contributed by atoms with Gasteiger partial charge in [-0.05, 0) is 25.5 Å². The van der Waals surface area contributed by atoms with Crippen molar-refractivity contribution in [3.8, 4) is 0 Å². The molecule has 0 amide bonds. The summed E-state index contributed by atoms with van der Waals surface area (Å²) in [7, 11) is 0. The number of piperidine rings is 1. The number of carbonyl (C=O) groups excluding carboxylic acids is 1. The van der Waals surface area contributed by atoms with Gasteiger partial charge in [-0.15, -0.1) is 0 Å². The van der Waals surface area contributed by atoms with Crippen molar-refractivity contribution in [3.05, 3.63) is 24.3 Å². The zero-order chi connectivity index (χ0) is 10.5. The summed E-state index contributed by atoms with van der Waals surface area (Å²) in [6.45, 7) is 1.66. The summed E-state index contributed by atoms with van der Waals surface area (Å²) < 4.78 is 0. The maximum Gasteiger partial charge on any atom is 0.142 e. The minimum Gasteiger partial charge on any atom is -0.302 e. The van der Waals surface area contributed by atoms with Crippen LogP contribution < -0.4 is 0 Å². The molecule has 2 heterocycles. The SMILES string of the molecule is O=CC1CCCCN1Cc1ncccn1. The van der Waals surface area contributed by atoms with Gasteiger partial charge in [-0.3, -0.25) is 4.90 Å². The molecule has 0 bridgehead atoms. The maximum absolute atomic E-state index is 10.9. The van der Waals surface area contributed by atoms with Crippen molar-refractivity contribution < 1.29 is 4.79 Å². The van der Waals surface area contributed by atoms with E-state index >= 15 is 0 Å². The van der Waals surface area contributed by atoms with Crippen LogP contribution in [-0.4, -0.2) is 33.7 Å². The number of aldehydes is 1. The third-order valence-corrected chi connectivity index (χ3v) is 2.79.